The number of nitrogens with one attached hydrogen (secondary N) is 1. The molecule has 0 radical (unpaired) electrons. The van der Waals surface area contributed by atoms with E-state index >= 15 is 0 Å². The Kier molecular flexibility index (Phi) is 4.21. The summed E-state index contributed by atoms with van der Waals surface area (Å²) in [6, 6.07) is 6.22. The molecular weight excluding hydrogens is 222 g/mol. The maximum atomic E-state index is 11.1. The lowest BCUT2D eigenvalue weighted by molar-refractivity contribution is -0.114. The van der Waals surface area contributed by atoms with Crippen LogP contribution in [-0.4, -0.2) is 17.3 Å². The fourth-order valence-corrected chi connectivity index (χ4v) is 1.16. The molecule has 0 aliphatic carbocycles. The van der Waals surface area contributed by atoms with Crippen molar-refractivity contribution in [3.05, 3.63) is 29.2 Å². The predicted molar refractivity (Wildman–Crippen MR) is 64.3 cm³/mol. The van der Waals surface area contributed by atoms with Crippen molar-refractivity contribution in [3.63, 3.8) is 0 Å². The molecule has 1 aromatic rings. The summed E-state index contributed by atoms with van der Waals surface area (Å²) >= 11 is 0. The molecule has 17 heavy (non-hydrogen) atoms. The second-order valence-corrected chi connectivity index (χ2v) is 3.33. The molecule has 0 spiro atoms. The largest absolute Gasteiger partial charge is 0.293 e. The van der Waals surface area contributed by atoms with Crippen LogP contribution in [0.25, 0.3) is 0 Å². The SMILES string of the molecule is CC(=O)C(=NNc1cccc(N=O)c1)C(C)=O. The minimum Gasteiger partial charge on any atom is -0.293 e. The van der Waals surface area contributed by atoms with Gasteiger partial charge in [-0.15, -0.1) is 4.91 Å². The van der Waals surface area contributed by atoms with E-state index in [-0.39, 0.29) is 11.4 Å². The van der Waals surface area contributed by atoms with E-state index in [2.05, 4.69) is 15.7 Å². The Bertz CT molecular complexity index is 478. The van der Waals surface area contributed by atoms with Gasteiger partial charge in [0.15, 0.2) is 17.3 Å². The summed E-state index contributed by atoms with van der Waals surface area (Å²) in [6.07, 6.45) is 0. The van der Waals surface area contributed by atoms with Gasteiger partial charge in [0.05, 0.1) is 5.69 Å². The van der Waals surface area contributed by atoms with Crippen LogP contribution in [-0.2, 0) is 9.59 Å². The summed E-state index contributed by atoms with van der Waals surface area (Å²) in [7, 11) is 0. The van der Waals surface area contributed by atoms with E-state index in [1.54, 1.807) is 12.1 Å². The van der Waals surface area contributed by atoms with E-state index in [4.69, 9.17) is 0 Å². The van der Waals surface area contributed by atoms with Crippen LogP contribution in [0.5, 0.6) is 0 Å². The van der Waals surface area contributed by atoms with E-state index in [1.165, 1.54) is 26.0 Å². The maximum absolute atomic E-state index is 11.1. The van der Waals surface area contributed by atoms with Gasteiger partial charge in [-0.3, -0.25) is 15.0 Å². The van der Waals surface area contributed by atoms with Gasteiger partial charge in [-0.25, -0.2) is 0 Å². The Morgan fingerprint density at radius 3 is 2.35 bits per heavy atom. The topological polar surface area (TPSA) is 88.0 Å². The van der Waals surface area contributed by atoms with E-state index in [9.17, 15) is 14.5 Å². The number of nitrogens with zero attached hydrogens (tertiary/aromatic N) is 2. The first kappa shape index (κ1) is 12.7. The van der Waals surface area contributed by atoms with Crippen LogP contribution in [0.4, 0.5) is 11.4 Å². The first-order valence-corrected chi connectivity index (χ1v) is 4.83. The van der Waals surface area contributed by atoms with Gasteiger partial charge in [-0.2, -0.15) is 5.10 Å². The molecule has 0 bridgehead atoms. The second kappa shape index (κ2) is 5.64. The Balaban J connectivity index is 2.90. The summed E-state index contributed by atoms with van der Waals surface area (Å²) in [6.45, 7) is 2.51. The van der Waals surface area contributed by atoms with Crippen molar-refractivity contribution < 1.29 is 9.59 Å². The number of benzene rings is 1. The highest BCUT2D eigenvalue weighted by atomic mass is 16.3. The molecule has 0 aliphatic rings. The number of carbonyl (C=O) groups excluding carboxylic acids is 2. The molecule has 88 valence electrons. The van der Waals surface area contributed by atoms with Crippen molar-refractivity contribution in [2.45, 2.75) is 13.8 Å². The fourth-order valence-electron chi connectivity index (χ4n) is 1.16. The van der Waals surface area contributed by atoms with Gasteiger partial charge in [0, 0.05) is 13.8 Å². The minimum atomic E-state index is -0.422. The Morgan fingerprint density at radius 2 is 1.82 bits per heavy atom. The summed E-state index contributed by atoms with van der Waals surface area (Å²) < 4.78 is 0. The van der Waals surface area contributed by atoms with E-state index in [0.29, 0.717) is 5.69 Å². The smallest absolute Gasteiger partial charge is 0.183 e. The lowest BCUT2D eigenvalue weighted by Crippen LogP contribution is -2.20. The van der Waals surface area contributed by atoms with Crippen molar-refractivity contribution in [3.8, 4) is 0 Å². The van der Waals surface area contributed by atoms with Crippen LogP contribution in [0, 0.1) is 4.91 Å². The molecule has 1 rings (SSSR count). The van der Waals surface area contributed by atoms with Crippen LogP contribution in [0.2, 0.25) is 0 Å². The number of Topliss-reactive ketones (excluding diaryl/α,β-unsaturated/α-hetero) is 2. The minimum absolute atomic E-state index is 0.172. The van der Waals surface area contributed by atoms with Crippen molar-refractivity contribution in [2.75, 3.05) is 5.43 Å². The number of hydrogen-bond acceptors (Lipinski definition) is 6. The average molecular weight is 233 g/mol. The quantitative estimate of drug-likeness (QED) is 0.364. The predicted octanol–water partition coefficient (Wildman–Crippen LogP) is 2.03. The number of ketones is 2. The molecule has 0 heterocycles. The molecule has 1 N–H and O–H groups in total. The molecule has 0 amide bonds. The van der Waals surface area contributed by atoms with Gasteiger partial charge >= 0.3 is 0 Å². The van der Waals surface area contributed by atoms with Crippen LogP contribution >= 0.6 is 0 Å². The summed E-state index contributed by atoms with van der Waals surface area (Å²) in [4.78, 5) is 32.4. The number of hydrogen-bond donors (Lipinski definition) is 1. The highest BCUT2D eigenvalue weighted by molar-refractivity contribution is 6.65. The molecule has 0 atom stereocenters. The lowest BCUT2D eigenvalue weighted by atomic mass is 10.2. The average Bonchev–Trinajstić information content (AvgIpc) is 2.28. The Hall–Kier alpha value is -2.37. The van der Waals surface area contributed by atoms with Gasteiger partial charge < -0.3 is 0 Å². The molecule has 0 saturated carbocycles. The third kappa shape index (κ3) is 3.60. The highest BCUT2D eigenvalue weighted by Crippen LogP contribution is 2.17. The maximum Gasteiger partial charge on any atom is 0.183 e. The Labute approximate surface area is 97.7 Å². The zero-order valence-electron chi connectivity index (χ0n) is 9.43. The standard InChI is InChI=1S/C11H11N3O3/c1-7(15)11(8(2)16)13-12-9-4-3-5-10(6-9)14-17/h3-6,12H,1-2H3. The van der Waals surface area contributed by atoms with Crippen LogP contribution in [0.3, 0.4) is 0 Å². The van der Waals surface area contributed by atoms with E-state index in [1.807, 2.05) is 0 Å². The highest BCUT2D eigenvalue weighted by Gasteiger charge is 2.11. The van der Waals surface area contributed by atoms with Crippen molar-refractivity contribution in [2.24, 2.45) is 10.3 Å². The number of carbonyl (C=O) groups is 2. The van der Waals surface area contributed by atoms with Crippen LogP contribution in [0.1, 0.15) is 13.8 Å². The molecule has 0 aliphatic heterocycles. The van der Waals surface area contributed by atoms with E-state index in [0.717, 1.165) is 0 Å². The zero-order valence-corrected chi connectivity index (χ0v) is 9.43. The Morgan fingerprint density at radius 1 is 1.18 bits per heavy atom. The summed E-state index contributed by atoms with van der Waals surface area (Å²) in [5.74, 6) is -0.843. The fraction of sp³-hybridized carbons (Fsp3) is 0.182. The molecule has 1 aromatic carbocycles. The van der Waals surface area contributed by atoms with Crippen molar-refractivity contribution in [1.29, 1.82) is 0 Å². The number of rotatable bonds is 5. The number of hydrazone groups is 1. The van der Waals surface area contributed by atoms with Gasteiger partial charge in [0.2, 0.25) is 0 Å². The molecule has 0 fully saturated rings. The van der Waals surface area contributed by atoms with Gasteiger partial charge in [-0.1, -0.05) is 6.07 Å². The summed E-state index contributed by atoms with van der Waals surface area (Å²) in [5.41, 5.74) is 3.07. The first-order valence-electron chi connectivity index (χ1n) is 4.83. The first-order chi connectivity index (χ1) is 8.04. The molecule has 0 saturated heterocycles. The van der Waals surface area contributed by atoms with E-state index < -0.39 is 11.6 Å². The van der Waals surface area contributed by atoms with Crippen molar-refractivity contribution in [1.82, 2.24) is 0 Å². The van der Waals surface area contributed by atoms with Crippen molar-refractivity contribution >= 4 is 28.7 Å². The van der Waals surface area contributed by atoms with Gasteiger partial charge in [-0.05, 0) is 23.4 Å². The van der Waals surface area contributed by atoms with Crippen LogP contribution in [0.15, 0.2) is 34.5 Å². The monoisotopic (exact) mass is 233 g/mol. The normalized spacial score (nSPS) is 9.29. The second-order valence-electron chi connectivity index (χ2n) is 3.33. The van der Waals surface area contributed by atoms with Gasteiger partial charge in [0.1, 0.15) is 5.69 Å². The third-order valence-corrected chi connectivity index (χ3v) is 1.92. The summed E-state index contributed by atoms with van der Waals surface area (Å²) in [5, 5.41) is 6.45. The lowest BCUT2D eigenvalue weighted by Gasteiger charge is -2.02. The molecule has 0 aromatic heterocycles. The molecule has 6 nitrogen and oxygen atoms in total. The van der Waals surface area contributed by atoms with Gasteiger partial charge in [0.25, 0.3) is 0 Å². The molecule has 0 unspecified atom stereocenters. The third-order valence-electron chi connectivity index (χ3n) is 1.92. The number of nitroso groups, excluding NO2 is 1. The zero-order chi connectivity index (χ0) is 12.8. The molecular formula is C11H11N3O3. The van der Waals surface area contributed by atoms with Crippen LogP contribution < -0.4 is 5.43 Å². The molecule has 6 heteroatoms. The number of anilines is 1.